The van der Waals surface area contributed by atoms with Crippen molar-refractivity contribution in [3.05, 3.63) is 0 Å². The van der Waals surface area contributed by atoms with Crippen molar-refractivity contribution in [3.8, 4) is 0 Å². The maximum absolute atomic E-state index is 10.6. The fraction of sp³-hybridized carbons (Fsp3) is 0.714. The zero-order chi connectivity index (χ0) is 12.8. The Hall–Kier alpha value is -1.51. The largest absolute Gasteiger partial charge is 0.490 e. The standard InChI is InChI=1S/C5H11N3O.C2HF3O2/c6-5(7)8-1-3-9-4-2-8;3-2(4,5)1(6)7/h1-4H2,(H3,6,7);(H,6,7). The number of aliphatic carboxylic acids is 1. The molecule has 0 amide bonds. The smallest absolute Gasteiger partial charge is 0.475 e. The molecular formula is C7H12F3N3O3. The molecule has 0 aromatic heterocycles. The summed E-state index contributed by atoms with van der Waals surface area (Å²) in [5.74, 6) is -2.61. The number of carbonyl (C=O) groups is 1. The Morgan fingerprint density at radius 2 is 1.75 bits per heavy atom. The lowest BCUT2D eigenvalue weighted by atomic mass is 10.4. The molecule has 1 rings (SSSR count). The first-order valence-electron chi connectivity index (χ1n) is 4.22. The Labute approximate surface area is 89.3 Å². The minimum atomic E-state index is -5.08. The number of carboxylic acids is 1. The molecule has 0 radical (unpaired) electrons. The number of morpholine rings is 1. The van der Waals surface area contributed by atoms with Crippen molar-refractivity contribution in [1.29, 1.82) is 5.41 Å². The van der Waals surface area contributed by atoms with Gasteiger partial charge in [0.15, 0.2) is 5.96 Å². The van der Waals surface area contributed by atoms with E-state index in [2.05, 4.69) is 0 Å². The topological polar surface area (TPSA) is 99.6 Å². The van der Waals surface area contributed by atoms with Crippen LogP contribution in [0.2, 0.25) is 0 Å². The Bertz CT molecular complexity index is 251. The molecular weight excluding hydrogens is 231 g/mol. The quantitative estimate of drug-likeness (QED) is 0.405. The predicted molar refractivity (Wildman–Crippen MR) is 48.0 cm³/mol. The molecule has 16 heavy (non-hydrogen) atoms. The van der Waals surface area contributed by atoms with Crippen molar-refractivity contribution in [1.82, 2.24) is 4.90 Å². The Morgan fingerprint density at radius 3 is 1.94 bits per heavy atom. The number of halogens is 3. The molecule has 4 N–H and O–H groups in total. The molecule has 0 aromatic carbocycles. The number of rotatable bonds is 0. The summed E-state index contributed by atoms with van der Waals surface area (Å²) in [5, 5.41) is 14.2. The molecule has 6 nitrogen and oxygen atoms in total. The highest BCUT2D eigenvalue weighted by molar-refractivity contribution is 5.74. The lowest BCUT2D eigenvalue weighted by molar-refractivity contribution is -0.192. The highest BCUT2D eigenvalue weighted by atomic mass is 19.4. The van der Waals surface area contributed by atoms with E-state index in [1.54, 1.807) is 4.90 Å². The second-order valence-corrected chi connectivity index (χ2v) is 2.79. The molecule has 0 saturated carbocycles. The molecule has 0 aromatic rings. The van der Waals surface area contributed by atoms with E-state index in [1.807, 2.05) is 0 Å². The van der Waals surface area contributed by atoms with E-state index in [0.717, 1.165) is 13.1 Å². The van der Waals surface area contributed by atoms with E-state index < -0.39 is 12.1 Å². The SMILES string of the molecule is N=C(N)N1CCOCC1.O=C(O)C(F)(F)F. The Morgan fingerprint density at radius 1 is 1.38 bits per heavy atom. The molecule has 1 fully saturated rings. The van der Waals surface area contributed by atoms with Crippen LogP contribution in [0, 0.1) is 5.41 Å². The summed E-state index contributed by atoms with van der Waals surface area (Å²) in [6, 6.07) is 0. The van der Waals surface area contributed by atoms with Gasteiger partial charge in [-0.15, -0.1) is 0 Å². The summed E-state index contributed by atoms with van der Waals surface area (Å²) in [6.07, 6.45) is -5.08. The van der Waals surface area contributed by atoms with Crippen LogP contribution in [-0.4, -0.2) is 54.4 Å². The molecule has 1 heterocycles. The van der Waals surface area contributed by atoms with Crippen LogP contribution in [0.5, 0.6) is 0 Å². The minimum absolute atomic E-state index is 0.151. The molecule has 0 bridgehead atoms. The summed E-state index contributed by atoms with van der Waals surface area (Å²) in [6.45, 7) is 2.91. The van der Waals surface area contributed by atoms with E-state index in [0.29, 0.717) is 13.2 Å². The number of guanidine groups is 1. The minimum Gasteiger partial charge on any atom is -0.475 e. The normalized spacial score (nSPS) is 16.1. The van der Waals surface area contributed by atoms with Crippen LogP contribution in [0.15, 0.2) is 0 Å². The zero-order valence-electron chi connectivity index (χ0n) is 8.25. The van der Waals surface area contributed by atoms with Crippen LogP contribution in [0.4, 0.5) is 13.2 Å². The number of nitrogens with one attached hydrogen (secondary N) is 1. The van der Waals surface area contributed by atoms with Crippen molar-refractivity contribution in [2.24, 2.45) is 5.73 Å². The zero-order valence-corrected chi connectivity index (χ0v) is 8.25. The lowest BCUT2D eigenvalue weighted by Crippen LogP contribution is -2.44. The molecule has 0 unspecified atom stereocenters. The number of hydrogen-bond acceptors (Lipinski definition) is 3. The highest BCUT2D eigenvalue weighted by Crippen LogP contribution is 2.13. The van der Waals surface area contributed by atoms with E-state index in [-0.39, 0.29) is 5.96 Å². The van der Waals surface area contributed by atoms with Crippen molar-refractivity contribution in [2.75, 3.05) is 26.3 Å². The third-order valence-electron chi connectivity index (χ3n) is 1.59. The summed E-state index contributed by atoms with van der Waals surface area (Å²) in [4.78, 5) is 10.7. The molecule has 0 aliphatic carbocycles. The first-order valence-corrected chi connectivity index (χ1v) is 4.22. The number of ether oxygens (including phenoxy) is 1. The van der Waals surface area contributed by atoms with Crippen molar-refractivity contribution in [2.45, 2.75) is 6.18 Å². The predicted octanol–water partition coefficient (Wildman–Crippen LogP) is -0.155. The van der Waals surface area contributed by atoms with Gasteiger partial charge in [0.2, 0.25) is 0 Å². The van der Waals surface area contributed by atoms with Gasteiger partial charge in [-0.05, 0) is 0 Å². The van der Waals surface area contributed by atoms with Crippen LogP contribution < -0.4 is 5.73 Å². The lowest BCUT2D eigenvalue weighted by Gasteiger charge is -2.26. The van der Waals surface area contributed by atoms with Crippen molar-refractivity contribution >= 4 is 11.9 Å². The van der Waals surface area contributed by atoms with Gasteiger partial charge in [0, 0.05) is 13.1 Å². The van der Waals surface area contributed by atoms with E-state index in [1.165, 1.54) is 0 Å². The first kappa shape index (κ1) is 14.5. The van der Waals surface area contributed by atoms with Gasteiger partial charge in [-0.1, -0.05) is 0 Å². The monoisotopic (exact) mass is 243 g/mol. The van der Waals surface area contributed by atoms with Gasteiger partial charge < -0.3 is 20.5 Å². The van der Waals surface area contributed by atoms with E-state index in [9.17, 15) is 13.2 Å². The molecule has 9 heteroatoms. The average molecular weight is 243 g/mol. The second-order valence-electron chi connectivity index (χ2n) is 2.79. The van der Waals surface area contributed by atoms with Gasteiger partial charge in [-0.25, -0.2) is 4.79 Å². The van der Waals surface area contributed by atoms with Crippen LogP contribution in [0.1, 0.15) is 0 Å². The Kier molecular flexibility index (Phi) is 5.57. The molecule has 1 aliphatic heterocycles. The maximum atomic E-state index is 10.6. The number of hydrogen-bond donors (Lipinski definition) is 3. The molecule has 0 spiro atoms. The average Bonchev–Trinajstić information content (AvgIpc) is 2.18. The first-order chi connectivity index (χ1) is 7.25. The van der Waals surface area contributed by atoms with Gasteiger partial charge in [0.05, 0.1) is 13.2 Å². The molecule has 1 aliphatic rings. The second kappa shape index (κ2) is 6.16. The van der Waals surface area contributed by atoms with Gasteiger partial charge in [0.25, 0.3) is 0 Å². The third-order valence-corrected chi connectivity index (χ3v) is 1.59. The molecule has 0 atom stereocenters. The van der Waals surface area contributed by atoms with Gasteiger partial charge in [-0.3, -0.25) is 5.41 Å². The highest BCUT2D eigenvalue weighted by Gasteiger charge is 2.38. The summed E-state index contributed by atoms with van der Waals surface area (Å²) < 4.78 is 36.8. The van der Waals surface area contributed by atoms with Crippen LogP contribution in [0.25, 0.3) is 0 Å². The maximum Gasteiger partial charge on any atom is 0.490 e. The summed E-state index contributed by atoms with van der Waals surface area (Å²) in [5.41, 5.74) is 5.22. The number of nitrogens with zero attached hydrogens (tertiary/aromatic N) is 1. The van der Waals surface area contributed by atoms with Crippen LogP contribution >= 0.6 is 0 Å². The van der Waals surface area contributed by atoms with E-state index >= 15 is 0 Å². The van der Waals surface area contributed by atoms with Crippen molar-refractivity contribution < 1.29 is 27.8 Å². The van der Waals surface area contributed by atoms with Crippen LogP contribution in [-0.2, 0) is 9.53 Å². The number of alkyl halides is 3. The fourth-order valence-corrected chi connectivity index (χ4v) is 0.804. The van der Waals surface area contributed by atoms with Gasteiger partial charge in [0.1, 0.15) is 0 Å². The van der Waals surface area contributed by atoms with Gasteiger partial charge >= 0.3 is 12.1 Å². The van der Waals surface area contributed by atoms with Crippen LogP contribution in [0.3, 0.4) is 0 Å². The number of nitrogens with two attached hydrogens (primary N) is 1. The van der Waals surface area contributed by atoms with E-state index in [4.69, 9.17) is 25.8 Å². The van der Waals surface area contributed by atoms with Gasteiger partial charge in [-0.2, -0.15) is 13.2 Å². The summed E-state index contributed by atoms with van der Waals surface area (Å²) >= 11 is 0. The molecule has 94 valence electrons. The third kappa shape index (κ3) is 6.06. The fourth-order valence-electron chi connectivity index (χ4n) is 0.804. The number of carboxylic acid groups (broad SMARTS) is 1. The Balaban J connectivity index is 0.000000293. The summed E-state index contributed by atoms with van der Waals surface area (Å²) in [7, 11) is 0. The molecule has 1 saturated heterocycles. The van der Waals surface area contributed by atoms with Crippen molar-refractivity contribution in [3.63, 3.8) is 0 Å².